The second-order valence-electron chi connectivity index (χ2n) is 12.9. The number of aryl methyl sites for hydroxylation is 1. The fourth-order valence-corrected chi connectivity index (χ4v) is 6.92. The molecule has 0 spiro atoms. The first kappa shape index (κ1) is 34.8. The Morgan fingerprint density at radius 1 is 1.06 bits per heavy atom. The number of nitrogens with one attached hydrogen (secondary N) is 1. The summed E-state index contributed by atoms with van der Waals surface area (Å²) in [4.78, 5) is 19.8. The Morgan fingerprint density at radius 3 is 2.60 bits per heavy atom. The standard InChI is InChI=1S/C39H40F2N2O4S/c1-6-38(2,3)17-7-8-18-39(4,26-11-9-10-25(20-26)12-15-35(45)46-5)34-24-48-37(43-34)29-21-27(13-14-31(29)40)47-36-30(23-44)28-16-19-42-33(28)22-32(36)41/h1,9-11,13-14,16,19-22,24,42,44H,7-8,12,15,17-18,23H2,2-5H3. The zero-order valence-corrected chi connectivity index (χ0v) is 28.5. The molecule has 5 rings (SSSR count). The number of aliphatic hydroxyl groups is 1. The van der Waals surface area contributed by atoms with Crippen LogP contribution >= 0.6 is 11.3 Å². The van der Waals surface area contributed by atoms with Gasteiger partial charge in [0.2, 0.25) is 0 Å². The average Bonchev–Trinajstić information content (AvgIpc) is 3.77. The molecule has 0 aliphatic heterocycles. The third-order valence-corrected chi connectivity index (χ3v) is 9.89. The van der Waals surface area contributed by atoms with Gasteiger partial charge in [-0.25, -0.2) is 13.8 Å². The van der Waals surface area contributed by atoms with E-state index in [4.69, 9.17) is 20.9 Å². The third-order valence-electron chi connectivity index (χ3n) is 9.01. The Kier molecular flexibility index (Phi) is 10.7. The molecule has 2 N–H and O–H groups in total. The molecule has 9 heteroatoms. The van der Waals surface area contributed by atoms with Crippen LogP contribution in [0.2, 0.25) is 0 Å². The minimum atomic E-state index is -0.647. The van der Waals surface area contributed by atoms with Crippen molar-refractivity contribution in [2.45, 2.75) is 71.3 Å². The van der Waals surface area contributed by atoms with Crippen molar-refractivity contribution >= 4 is 28.2 Å². The maximum Gasteiger partial charge on any atom is 0.305 e. The van der Waals surface area contributed by atoms with Gasteiger partial charge in [0.1, 0.15) is 16.6 Å². The maximum absolute atomic E-state index is 15.4. The summed E-state index contributed by atoms with van der Waals surface area (Å²) in [5.74, 6) is 1.56. The molecule has 0 fully saturated rings. The lowest BCUT2D eigenvalue weighted by Crippen LogP contribution is -2.25. The largest absolute Gasteiger partial charge is 0.469 e. The van der Waals surface area contributed by atoms with Gasteiger partial charge < -0.3 is 19.6 Å². The summed E-state index contributed by atoms with van der Waals surface area (Å²) in [6.07, 6.45) is 11.7. The van der Waals surface area contributed by atoms with Crippen molar-refractivity contribution in [1.29, 1.82) is 0 Å². The van der Waals surface area contributed by atoms with Crippen LogP contribution in [0.15, 0.2) is 66.2 Å². The number of terminal acetylenes is 1. The van der Waals surface area contributed by atoms with Gasteiger partial charge in [-0.2, -0.15) is 0 Å². The molecule has 0 saturated heterocycles. The molecule has 0 bridgehead atoms. The number of halogens is 2. The smallest absolute Gasteiger partial charge is 0.305 e. The quantitative estimate of drug-likeness (QED) is 0.0699. The molecule has 5 aromatic rings. The summed E-state index contributed by atoms with van der Waals surface area (Å²) in [5.41, 5.74) is 3.19. The number of ether oxygens (including phenoxy) is 2. The van der Waals surface area contributed by atoms with Crippen LogP contribution < -0.4 is 4.74 Å². The van der Waals surface area contributed by atoms with Crippen molar-refractivity contribution in [1.82, 2.24) is 9.97 Å². The number of benzene rings is 3. The number of thiazole rings is 1. The number of unbranched alkanes of at least 4 members (excludes halogenated alkanes) is 1. The number of hydrogen-bond acceptors (Lipinski definition) is 6. The van der Waals surface area contributed by atoms with Crippen LogP contribution in [0.5, 0.6) is 11.5 Å². The molecule has 2 heterocycles. The molecule has 0 aliphatic carbocycles. The fourth-order valence-electron chi connectivity index (χ4n) is 5.95. The van der Waals surface area contributed by atoms with E-state index in [2.05, 4.69) is 43.8 Å². The number of methoxy groups -OCH3 is 1. The fraction of sp³-hybridized carbons (Fsp3) is 0.333. The molecule has 6 nitrogen and oxygen atoms in total. The van der Waals surface area contributed by atoms with E-state index in [-0.39, 0.29) is 34.9 Å². The summed E-state index contributed by atoms with van der Waals surface area (Å²) >= 11 is 1.32. The summed E-state index contributed by atoms with van der Waals surface area (Å²) in [6.45, 7) is 5.83. The summed E-state index contributed by atoms with van der Waals surface area (Å²) in [5, 5.41) is 13.1. The number of aliphatic hydroxyl groups excluding tert-OH is 1. The molecule has 0 radical (unpaired) electrons. The van der Waals surface area contributed by atoms with Crippen LogP contribution in [-0.2, 0) is 28.0 Å². The summed E-state index contributed by atoms with van der Waals surface area (Å²) < 4.78 is 41.3. The van der Waals surface area contributed by atoms with E-state index in [0.29, 0.717) is 27.9 Å². The highest BCUT2D eigenvalue weighted by Crippen LogP contribution is 2.42. The van der Waals surface area contributed by atoms with E-state index >= 15 is 8.78 Å². The van der Waals surface area contributed by atoms with Crippen molar-refractivity contribution in [2.24, 2.45) is 5.41 Å². The number of aromatic amines is 1. The lowest BCUT2D eigenvalue weighted by atomic mass is 9.74. The van der Waals surface area contributed by atoms with Crippen LogP contribution in [0, 0.1) is 29.4 Å². The molecule has 1 unspecified atom stereocenters. The van der Waals surface area contributed by atoms with E-state index in [1.54, 1.807) is 12.3 Å². The monoisotopic (exact) mass is 670 g/mol. The van der Waals surface area contributed by atoms with Gasteiger partial charge in [0, 0.05) is 56.9 Å². The Morgan fingerprint density at radius 2 is 1.85 bits per heavy atom. The van der Waals surface area contributed by atoms with Crippen LogP contribution in [0.3, 0.4) is 0 Å². The molecule has 0 amide bonds. The lowest BCUT2D eigenvalue weighted by molar-refractivity contribution is -0.140. The van der Waals surface area contributed by atoms with E-state index in [1.165, 1.54) is 42.7 Å². The molecule has 250 valence electrons. The first-order valence-electron chi connectivity index (χ1n) is 15.9. The van der Waals surface area contributed by atoms with E-state index in [0.717, 1.165) is 42.5 Å². The average molecular weight is 671 g/mol. The number of hydrogen-bond donors (Lipinski definition) is 2. The molecule has 0 saturated carbocycles. The van der Waals surface area contributed by atoms with E-state index in [9.17, 15) is 9.90 Å². The van der Waals surface area contributed by atoms with Crippen LogP contribution in [0.25, 0.3) is 21.5 Å². The SMILES string of the molecule is C#CC(C)(C)CCCCC(C)(c1cccc(CCC(=O)OC)c1)c1csc(-c2cc(Oc3c(F)cc4[nH]ccc4c3CO)ccc2F)n1. The molecular weight excluding hydrogens is 631 g/mol. The molecule has 2 aromatic heterocycles. The summed E-state index contributed by atoms with van der Waals surface area (Å²) in [6, 6.07) is 15.4. The number of aromatic nitrogens is 2. The predicted molar refractivity (Wildman–Crippen MR) is 186 cm³/mol. The second-order valence-corrected chi connectivity index (χ2v) is 13.7. The minimum Gasteiger partial charge on any atom is -0.469 e. The van der Waals surface area contributed by atoms with Crippen LogP contribution in [-0.4, -0.2) is 28.2 Å². The van der Waals surface area contributed by atoms with Crippen molar-refractivity contribution in [3.63, 3.8) is 0 Å². The van der Waals surface area contributed by atoms with E-state index in [1.807, 2.05) is 17.5 Å². The Balaban J connectivity index is 1.47. The van der Waals surface area contributed by atoms with Gasteiger partial charge in [-0.05, 0) is 75.4 Å². The van der Waals surface area contributed by atoms with E-state index < -0.39 is 23.7 Å². The molecular formula is C39H40F2N2O4S. The summed E-state index contributed by atoms with van der Waals surface area (Å²) in [7, 11) is 1.38. The van der Waals surface area contributed by atoms with Crippen molar-refractivity contribution < 1.29 is 28.2 Å². The van der Waals surface area contributed by atoms with Gasteiger partial charge in [0.25, 0.3) is 0 Å². The van der Waals surface area contributed by atoms with Gasteiger partial charge >= 0.3 is 5.97 Å². The number of fused-ring (bicyclic) bond motifs is 1. The third kappa shape index (κ3) is 7.61. The molecule has 48 heavy (non-hydrogen) atoms. The Bertz CT molecular complexity index is 1960. The first-order valence-corrected chi connectivity index (χ1v) is 16.8. The highest BCUT2D eigenvalue weighted by molar-refractivity contribution is 7.13. The number of carbonyl (C=O) groups excluding carboxylic acids is 1. The van der Waals surface area contributed by atoms with Gasteiger partial charge in [0.15, 0.2) is 11.6 Å². The number of carbonyl (C=O) groups is 1. The van der Waals surface area contributed by atoms with Gasteiger partial charge in [-0.1, -0.05) is 37.1 Å². The molecule has 3 aromatic carbocycles. The minimum absolute atomic E-state index is 0.116. The van der Waals surface area contributed by atoms with Crippen LogP contribution in [0.1, 0.15) is 75.3 Å². The number of rotatable bonds is 14. The Labute approximate surface area is 284 Å². The lowest BCUT2D eigenvalue weighted by Gasteiger charge is -2.30. The number of H-pyrrole nitrogens is 1. The molecule has 0 aliphatic rings. The second kappa shape index (κ2) is 14.7. The Hall–Kier alpha value is -4.52. The number of esters is 1. The normalized spacial score (nSPS) is 12.9. The van der Waals surface area contributed by atoms with Gasteiger partial charge in [0.05, 0.1) is 19.4 Å². The van der Waals surface area contributed by atoms with Crippen molar-refractivity contribution in [2.75, 3.05) is 7.11 Å². The molecule has 1 atom stereocenters. The highest BCUT2D eigenvalue weighted by atomic mass is 32.1. The van der Waals surface area contributed by atoms with Gasteiger partial charge in [-0.3, -0.25) is 4.79 Å². The van der Waals surface area contributed by atoms with Crippen molar-refractivity contribution in [3.05, 3.63) is 100 Å². The number of nitrogens with zero attached hydrogens (tertiary/aromatic N) is 1. The first-order chi connectivity index (χ1) is 23.0. The van der Waals surface area contributed by atoms with Crippen LogP contribution in [0.4, 0.5) is 8.78 Å². The van der Waals surface area contributed by atoms with Gasteiger partial charge in [-0.15, -0.1) is 23.7 Å². The highest BCUT2D eigenvalue weighted by Gasteiger charge is 2.32. The maximum atomic E-state index is 15.4. The predicted octanol–water partition coefficient (Wildman–Crippen LogP) is 9.49. The zero-order valence-electron chi connectivity index (χ0n) is 27.7. The topological polar surface area (TPSA) is 84.4 Å². The van der Waals surface area contributed by atoms with Crippen molar-refractivity contribution in [3.8, 4) is 34.4 Å². The zero-order chi connectivity index (χ0) is 34.5.